The second-order valence-corrected chi connectivity index (χ2v) is 11.9. The average molecular weight is 605 g/mol. The highest BCUT2D eigenvalue weighted by molar-refractivity contribution is 5.70. The lowest BCUT2D eigenvalue weighted by Crippen LogP contribution is -2.28. The Morgan fingerprint density at radius 2 is 0.930 bits per heavy atom. The fraction of sp³-hybridized carbons (Fsp3) is 0.789. The standard InChI is InChI=1S/C38H68O5/c1-3-5-7-9-11-13-15-17-19-21-22-24-26-28-30-32-37(40)42-35-36(34-39)43-38(41)33-31-29-27-25-23-20-18-16-14-12-10-8-6-4-2/h11,13,16-19,36,39H,3-10,12,14-15,20-35H2,1-2H3/b13-11+,18-16+,19-17+/t36-/m0/s1. The van der Waals surface area contributed by atoms with Crippen LogP contribution in [0.3, 0.4) is 0 Å². The third kappa shape index (κ3) is 32.9. The Balaban J connectivity index is 3.61. The number of hydrogen-bond acceptors (Lipinski definition) is 5. The number of carbonyl (C=O) groups excluding carboxylic acids is 2. The van der Waals surface area contributed by atoms with Gasteiger partial charge in [-0.05, 0) is 70.6 Å². The summed E-state index contributed by atoms with van der Waals surface area (Å²) in [4.78, 5) is 24.2. The molecule has 0 aliphatic carbocycles. The summed E-state index contributed by atoms with van der Waals surface area (Å²) in [6.45, 7) is 4.07. The zero-order valence-corrected chi connectivity index (χ0v) is 28.2. The van der Waals surface area contributed by atoms with Gasteiger partial charge in [0.1, 0.15) is 6.61 Å². The van der Waals surface area contributed by atoms with E-state index in [0.29, 0.717) is 12.8 Å². The van der Waals surface area contributed by atoms with Crippen molar-refractivity contribution in [2.45, 2.75) is 180 Å². The molecule has 250 valence electrons. The highest BCUT2D eigenvalue weighted by atomic mass is 16.6. The number of allylic oxidation sites excluding steroid dienone is 6. The number of unbranched alkanes of at least 4 members (excludes halogenated alkanes) is 18. The molecule has 1 N–H and O–H groups in total. The first-order valence-corrected chi connectivity index (χ1v) is 18.0. The van der Waals surface area contributed by atoms with Gasteiger partial charge in [0, 0.05) is 12.8 Å². The zero-order valence-electron chi connectivity index (χ0n) is 28.2. The Morgan fingerprint density at radius 1 is 0.535 bits per heavy atom. The summed E-state index contributed by atoms with van der Waals surface area (Å²) in [5.41, 5.74) is 0. The van der Waals surface area contributed by atoms with Crippen LogP contribution in [0.15, 0.2) is 36.5 Å². The summed E-state index contributed by atoms with van der Waals surface area (Å²) in [5, 5.41) is 9.52. The molecule has 1 atom stereocenters. The number of aliphatic hydroxyl groups is 1. The Bertz CT molecular complexity index is 696. The van der Waals surface area contributed by atoms with Gasteiger partial charge in [-0.1, -0.05) is 127 Å². The summed E-state index contributed by atoms with van der Waals surface area (Å²) >= 11 is 0. The maximum atomic E-state index is 12.1. The Hall–Kier alpha value is -1.88. The number of carbonyl (C=O) groups is 2. The fourth-order valence-electron chi connectivity index (χ4n) is 4.87. The molecule has 0 aromatic carbocycles. The van der Waals surface area contributed by atoms with E-state index in [1.807, 2.05) is 0 Å². The monoisotopic (exact) mass is 605 g/mol. The molecule has 0 bridgehead atoms. The predicted octanol–water partition coefficient (Wildman–Crippen LogP) is 10.9. The molecule has 0 fully saturated rings. The van der Waals surface area contributed by atoms with E-state index in [0.717, 1.165) is 57.8 Å². The first kappa shape index (κ1) is 41.1. The molecular weight excluding hydrogens is 536 g/mol. The van der Waals surface area contributed by atoms with Gasteiger partial charge >= 0.3 is 11.9 Å². The van der Waals surface area contributed by atoms with Crippen molar-refractivity contribution in [1.82, 2.24) is 0 Å². The van der Waals surface area contributed by atoms with E-state index in [9.17, 15) is 14.7 Å². The molecule has 0 unspecified atom stereocenters. The van der Waals surface area contributed by atoms with E-state index in [1.165, 1.54) is 89.9 Å². The molecule has 0 spiro atoms. The van der Waals surface area contributed by atoms with Crippen molar-refractivity contribution in [2.24, 2.45) is 0 Å². The first-order valence-electron chi connectivity index (χ1n) is 18.0. The van der Waals surface area contributed by atoms with E-state index in [-0.39, 0.29) is 25.2 Å². The van der Waals surface area contributed by atoms with E-state index >= 15 is 0 Å². The SMILES string of the molecule is CCCCC/C=C/C/C=C/CCCCCCCC(=O)OC[C@H](CO)OC(=O)CCCCCCC/C=C/CCCCCCC. The number of hydrogen-bond donors (Lipinski definition) is 1. The third-order valence-electron chi connectivity index (χ3n) is 7.66. The first-order chi connectivity index (χ1) is 21.1. The van der Waals surface area contributed by atoms with Crippen molar-refractivity contribution in [3.8, 4) is 0 Å². The molecule has 0 saturated heterocycles. The lowest BCUT2D eigenvalue weighted by Gasteiger charge is -2.15. The Morgan fingerprint density at radius 3 is 1.44 bits per heavy atom. The molecule has 5 heteroatoms. The average Bonchev–Trinajstić information content (AvgIpc) is 3.01. The van der Waals surface area contributed by atoms with Crippen molar-refractivity contribution in [2.75, 3.05) is 13.2 Å². The quantitative estimate of drug-likeness (QED) is 0.0470. The van der Waals surface area contributed by atoms with Crippen LogP contribution in [0.5, 0.6) is 0 Å². The molecule has 5 nitrogen and oxygen atoms in total. The molecule has 0 saturated carbocycles. The van der Waals surface area contributed by atoms with Gasteiger partial charge in [0.05, 0.1) is 6.61 Å². The normalized spacial score (nSPS) is 12.5. The number of ether oxygens (including phenoxy) is 2. The van der Waals surface area contributed by atoms with Crippen LogP contribution >= 0.6 is 0 Å². The van der Waals surface area contributed by atoms with Crippen LogP contribution in [0, 0.1) is 0 Å². The molecule has 0 radical (unpaired) electrons. The van der Waals surface area contributed by atoms with Crippen molar-refractivity contribution in [3.63, 3.8) is 0 Å². The summed E-state index contributed by atoms with van der Waals surface area (Å²) < 4.78 is 10.6. The molecule has 43 heavy (non-hydrogen) atoms. The molecule has 0 heterocycles. The number of aliphatic hydroxyl groups excluding tert-OH is 1. The van der Waals surface area contributed by atoms with E-state index in [2.05, 4.69) is 50.3 Å². The van der Waals surface area contributed by atoms with Gasteiger partial charge < -0.3 is 14.6 Å². The topological polar surface area (TPSA) is 72.8 Å². The molecule has 0 amide bonds. The minimum atomic E-state index is -0.778. The Kier molecular flexibility index (Phi) is 33.1. The van der Waals surface area contributed by atoms with Gasteiger partial charge in [0.25, 0.3) is 0 Å². The van der Waals surface area contributed by atoms with Crippen molar-refractivity contribution < 1.29 is 24.2 Å². The lowest BCUT2D eigenvalue weighted by molar-refractivity contribution is -0.161. The summed E-state index contributed by atoms with van der Waals surface area (Å²) in [6.07, 6.45) is 40.5. The molecular formula is C38H68O5. The van der Waals surface area contributed by atoms with Crippen LogP contribution in [-0.2, 0) is 19.1 Å². The summed E-state index contributed by atoms with van der Waals surface area (Å²) in [6, 6.07) is 0. The lowest BCUT2D eigenvalue weighted by atomic mass is 10.1. The zero-order chi connectivity index (χ0) is 31.5. The smallest absolute Gasteiger partial charge is 0.306 e. The van der Waals surface area contributed by atoms with E-state index in [1.54, 1.807) is 0 Å². The van der Waals surface area contributed by atoms with Crippen molar-refractivity contribution in [3.05, 3.63) is 36.5 Å². The number of esters is 2. The van der Waals surface area contributed by atoms with Crippen LogP contribution < -0.4 is 0 Å². The van der Waals surface area contributed by atoms with Gasteiger partial charge in [-0.25, -0.2) is 0 Å². The minimum absolute atomic E-state index is 0.0758. The third-order valence-corrected chi connectivity index (χ3v) is 7.66. The van der Waals surface area contributed by atoms with Crippen LogP contribution in [0.25, 0.3) is 0 Å². The maximum absolute atomic E-state index is 12.1. The highest BCUT2D eigenvalue weighted by Gasteiger charge is 2.16. The van der Waals surface area contributed by atoms with Gasteiger partial charge in [0.2, 0.25) is 0 Å². The van der Waals surface area contributed by atoms with E-state index < -0.39 is 6.10 Å². The Labute approximate surface area is 266 Å². The van der Waals surface area contributed by atoms with Crippen LogP contribution in [0.2, 0.25) is 0 Å². The second-order valence-electron chi connectivity index (χ2n) is 11.9. The maximum Gasteiger partial charge on any atom is 0.306 e. The highest BCUT2D eigenvalue weighted by Crippen LogP contribution is 2.12. The van der Waals surface area contributed by atoms with Crippen LogP contribution in [0.4, 0.5) is 0 Å². The van der Waals surface area contributed by atoms with Crippen LogP contribution in [0.1, 0.15) is 174 Å². The van der Waals surface area contributed by atoms with Crippen LogP contribution in [-0.4, -0.2) is 36.4 Å². The molecule has 0 aromatic rings. The van der Waals surface area contributed by atoms with Crippen molar-refractivity contribution >= 4 is 11.9 Å². The summed E-state index contributed by atoms with van der Waals surface area (Å²) in [7, 11) is 0. The molecule has 0 aliphatic heterocycles. The molecule has 0 aromatic heterocycles. The minimum Gasteiger partial charge on any atom is -0.462 e. The summed E-state index contributed by atoms with van der Waals surface area (Å²) in [5.74, 6) is -0.618. The number of rotatable bonds is 32. The van der Waals surface area contributed by atoms with Gasteiger partial charge in [0.15, 0.2) is 6.10 Å². The van der Waals surface area contributed by atoms with Gasteiger partial charge in [-0.2, -0.15) is 0 Å². The van der Waals surface area contributed by atoms with Gasteiger partial charge in [-0.3, -0.25) is 9.59 Å². The predicted molar refractivity (Wildman–Crippen MR) is 182 cm³/mol. The molecule has 0 aliphatic rings. The largest absolute Gasteiger partial charge is 0.462 e. The molecule has 0 rings (SSSR count). The fourth-order valence-corrected chi connectivity index (χ4v) is 4.87. The van der Waals surface area contributed by atoms with E-state index in [4.69, 9.17) is 9.47 Å². The van der Waals surface area contributed by atoms with Crippen molar-refractivity contribution in [1.29, 1.82) is 0 Å². The van der Waals surface area contributed by atoms with Gasteiger partial charge in [-0.15, -0.1) is 0 Å². The second kappa shape index (κ2) is 34.6.